The average molecular weight is 667 g/mol. The van der Waals surface area contributed by atoms with Crippen molar-refractivity contribution in [1.29, 1.82) is 0 Å². The maximum absolute atomic E-state index is 13.7. The highest BCUT2D eigenvalue weighted by Gasteiger charge is 2.34. The van der Waals surface area contributed by atoms with Gasteiger partial charge in [-0.1, -0.05) is 67.5 Å². The van der Waals surface area contributed by atoms with Gasteiger partial charge in [0, 0.05) is 65.8 Å². The van der Waals surface area contributed by atoms with E-state index in [2.05, 4.69) is 10.3 Å². The van der Waals surface area contributed by atoms with E-state index in [1.807, 2.05) is 55.4 Å². The Kier molecular flexibility index (Phi) is 16.9. The molecule has 2 aromatic rings. The molecule has 2 rings (SSSR count). The van der Waals surface area contributed by atoms with Crippen LogP contribution in [-0.4, -0.2) is 79.2 Å². The van der Waals surface area contributed by atoms with Crippen LogP contribution in [0.5, 0.6) is 0 Å². The summed E-state index contributed by atoms with van der Waals surface area (Å²) in [5, 5.41) is 3.05. The molecule has 0 aliphatic rings. The number of ether oxygens (including phenoxy) is 3. The lowest BCUT2D eigenvalue weighted by molar-refractivity contribution is -0.123. The van der Waals surface area contributed by atoms with Gasteiger partial charge in [0.2, 0.25) is 0 Å². The molecule has 0 aliphatic heterocycles. The zero-order chi connectivity index (χ0) is 35.9. The summed E-state index contributed by atoms with van der Waals surface area (Å²) >= 11 is 0. The van der Waals surface area contributed by atoms with Gasteiger partial charge in [0.25, 0.3) is 5.91 Å². The lowest BCUT2D eigenvalue weighted by Gasteiger charge is -2.34. The number of aromatic nitrogens is 1. The van der Waals surface area contributed by atoms with Gasteiger partial charge in [-0.05, 0) is 24.3 Å². The molecule has 1 aromatic carbocycles. The summed E-state index contributed by atoms with van der Waals surface area (Å²) in [6.45, 7) is 15.0. The first-order chi connectivity index (χ1) is 22.7. The summed E-state index contributed by atoms with van der Waals surface area (Å²) in [5.41, 5.74) is 1.17. The molecule has 10 nitrogen and oxygen atoms in total. The van der Waals surface area contributed by atoms with Crippen LogP contribution in [0.1, 0.15) is 95.4 Å². The minimum Gasteiger partial charge on any atom is -0.378 e. The number of pyridine rings is 1. The molecule has 0 saturated heterocycles. The third kappa shape index (κ3) is 13.5. The number of carbonyl (C=O) groups excluding carboxylic acids is 5. The molecule has 0 fully saturated rings. The highest BCUT2D eigenvalue weighted by atomic mass is 16.5. The minimum atomic E-state index is -1.18. The molecule has 1 amide bonds. The SMILES string of the molecule is CC(C)C(=O)CCOCC(COCCC(=O)C(C)C)(COCCC(=O)C(C)C)NC(=O)c1ccc(-c2ccc(C(=O)C(C)C)cn2)cc1. The van der Waals surface area contributed by atoms with E-state index in [1.54, 1.807) is 42.6 Å². The fraction of sp³-hybridized carbons (Fsp3) is 0.579. The molecule has 0 radical (unpaired) electrons. The van der Waals surface area contributed by atoms with E-state index >= 15 is 0 Å². The highest BCUT2D eigenvalue weighted by Crippen LogP contribution is 2.20. The molecule has 10 heteroatoms. The molecular weight excluding hydrogens is 612 g/mol. The summed E-state index contributed by atoms with van der Waals surface area (Å²) in [5.74, 6) is -0.701. The topological polar surface area (TPSA) is 138 Å². The zero-order valence-corrected chi connectivity index (χ0v) is 29.9. The predicted molar refractivity (Wildman–Crippen MR) is 185 cm³/mol. The van der Waals surface area contributed by atoms with Crippen molar-refractivity contribution >= 4 is 29.0 Å². The first-order valence-electron chi connectivity index (χ1n) is 16.9. The molecule has 1 heterocycles. The molecule has 0 bridgehead atoms. The Labute approximate surface area is 285 Å². The number of carbonyl (C=O) groups is 5. The van der Waals surface area contributed by atoms with Gasteiger partial charge in [0.1, 0.15) is 22.9 Å². The Bertz CT molecular complexity index is 1280. The van der Waals surface area contributed by atoms with Crippen LogP contribution in [0.15, 0.2) is 42.6 Å². The number of rotatable bonds is 23. The zero-order valence-electron chi connectivity index (χ0n) is 29.9. The van der Waals surface area contributed by atoms with Gasteiger partial charge >= 0.3 is 0 Å². The van der Waals surface area contributed by atoms with E-state index in [0.717, 1.165) is 5.56 Å². The molecule has 1 aromatic heterocycles. The van der Waals surface area contributed by atoms with Gasteiger partial charge in [-0.2, -0.15) is 0 Å². The Morgan fingerprint density at radius 3 is 1.38 bits per heavy atom. The van der Waals surface area contributed by atoms with Crippen LogP contribution >= 0.6 is 0 Å². The maximum Gasteiger partial charge on any atom is 0.251 e. The Balaban J connectivity index is 2.28. The van der Waals surface area contributed by atoms with Gasteiger partial charge in [-0.25, -0.2) is 0 Å². The third-order valence-corrected chi connectivity index (χ3v) is 7.94. The van der Waals surface area contributed by atoms with Crippen molar-refractivity contribution in [2.45, 2.75) is 80.2 Å². The number of ketones is 4. The molecule has 0 saturated carbocycles. The van der Waals surface area contributed by atoms with Gasteiger partial charge < -0.3 is 19.5 Å². The van der Waals surface area contributed by atoms with Gasteiger partial charge in [0.15, 0.2) is 5.78 Å². The van der Waals surface area contributed by atoms with Crippen molar-refractivity contribution in [2.24, 2.45) is 23.7 Å². The number of amides is 1. The predicted octanol–water partition coefficient (Wildman–Crippen LogP) is 5.95. The number of Topliss-reactive ketones (excluding diaryl/α,β-unsaturated/α-hetero) is 4. The van der Waals surface area contributed by atoms with Crippen molar-refractivity contribution in [2.75, 3.05) is 39.6 Å². The monoisotopic (exact) mass is 666 g/mol. The van der Waals surface area contributed by atoms with E-state index in [9.17, 15) is 24.0 Å². The maximum atomic E-state index is 13.7. The summed E-state index contributed by atoms with van der Waals surface area (Å²) in [7, 11) is 0. The number of benzene rings is 1. The van der Waals surface area contributed by atoms with E-state index < -0.39 is 11.4 Å². The molecular formula is C38H54N2O8. The number of hydrogen-bond donors (Lipinski definition) is 1. The number of nitrogens with one attached hydrogen (secondary N) is 1. The Morgan fingerprint density at radius 1 is 0.604 bits per heavy atom. The lowest BCUT2D eigenvalue weighted by atomic mass is 10.0. The average Bonchev–Trinajstić information content (AvgIpc) is 3.06. The van der Waals surface area contributed by atoms with Gasteiger partial charge in [0.05, 0.1) is 45.3 Å². The molecule has 0 atom stereocenters. The fourth-order valence-corrected chi connectivity index (χ4v) is 4.57. The molecule has 1 N–H and O–H groups in total. The van der Waals surface area contributed by atoms with Crippen LogP contribution in [-0.2, 0) is 28.6 Å². The number of hydrogen-bond acceptors (Lipinski definition) is 9. The van der Waals surface area contributed by atoms with Crippen LogP contribution in [0.25, 0.3) is 11.3 Å². The van der Waals surface area contributed by atoms with E-state index in [4.69, 9.17) is 14.2 Å². The first kappa shape index (κ1) is 40.6. The minimum absolute atomic E-state index is 0.0195. The van der Waals surface area contributed by atoms with Gasteiger partial charge in [-0.3, -0.25) is 29.0 Å². The molecule has 48 heavy (non-hydrogen) atoms. The Hall–Kier alpha value is -3.60. The lowest BCUT2D eigenvalue weighted by Crippen LogP contribution is -2.58. The second-order valence-corrected chi connectivity index (χ2v) is 13.5. The smallest absolute Gasteiger partial charge is 0.251 e. The summed E-state index contributed by atoms with van der Waals surface area (Å²) in [4.78, 5) is 67.0. The van der Waals surface area contributed by atoms with Crippen LogP contribution in [0.2, 0.25) is 0 Å². The third-order valence-electron chi connectivity index (χ3n) is 7.94. The van der Waals surface area contributed by atoms with Crippen molar-refractivity contribution < 1.29 is 38.2 Å². The molecule has 264 valence electrons. The first-order valence-corrected chi connectivity index (χ1v) is 16.9. The second-order valence-electron chi connectivity index (χ2n) is 13.5. The molecule has 0 unspecified atom stereocenters. The standard InChI is InChI=1S/C38H54N2O8/c1-25(2)33(41)15-18-46-22-38(23-47-19-16-34(42)26(3)4,24-48-20-17-35(43)27(5)6)40-37(45)30-11-9-29(10-12-30)32-14-13-31(21-39-32)36(44)28(7)8/h9-14,21,25-28H,15-20,22-24H2,1-8H3,(H,40,45). The number of nitrogens with zero attached hydrogens (tertiary/aromatic N) is 1. The molecule has 0 spiro atoms. The Morgan fingerprint density at radius 2 is 1.02 bits per heavy atom. The fourth-order valence-electron chi connectivity index (χ4n) is 4.57. The normalized spacial score (nSPS) is 11.8. The highest BCUT2D eigenvalue weighted by molar-refractivity contribution is 5.97. The van der Waals surface area contributed by atoms with Crippen LogP contribution in [0, 0.1) is 23.7 Å². The van der Waals surface area contributed by atoms with Crippen LogP contribution in [0.3, 0.4) is 0 Å². The van der Waals surface area contributed by atoms with Crippen molar-refractivity contribution in [3.63, 3.8) is 0 Å². The summed E-state index contributed by atoms with van der Waals surface area (Å²) in [6.07, 6.45) is 2.22. The van der Waals surface area contributed by atoms with Crippen molar-refractivity contribution in [3.8, 4) is 11.3 Å². The second kappa shape index (κ2) is 20.0. The van der Waals surface area contributed by atoms with Gasteiger partial charge in [-0.15, -0.1) is 0 Å². The quantitative estimate of drug-likeness (QED) is 0.113. The van der Waals surface area contributed by atoms with E-state index in [1.165, 1.54) is 0 Å². The van der Waals surface area contributed by atoms with E-state index in [0.29, 0.717) is 16.8 Å². The van der Waals surface area contributed by atoms with Crippen LogP contribution in [0.4, 0.5) is 0 Å². The summed E-state index contributed by atoms with van der Waals surface area (Å²) < 4.78 is 17.8. The van der Waals surface area contributed by atoms with Crippen molar-refractivity contribution in [3.05, 3.63) is 53.7 Å². The summed E-state index contributed by atoms with van der Waals surface area (Å²) in [6, 6.07) is 10.4. The van der Waals surface area contributed by atoms with Crippen molar-refractivity contribution in [1.82, 2.24) is 10.3 Å². The molecule has 0 aliphatic carbocycles. The largest absolute Gasteiger partial charge is 0.378 e. The van der Waals surface area contributed by atoms with Crippen LogP contribution < -0.4 is 5.32 Å². The van der Waals surface area contributed by atoms with E-state index in [-0.39, 0.29) is 106 Å².